The van der Waals surface area contributed by atoms with Gasteiger partial charge in [-0.1, -0.05) is 60.7 Å². The lowest BCUT2D eigenvalue weighted by Crippen LogP contribution is -2.10. The van der Waals surface area contributed by atoms with Crippen LogP contribution in [0.25, 0.3) is 11.3 Å². The molecule has 8 heteroatoms. The fraction of sp³-hybridized carbons (Fsp3) is 0.273. The molecule has 3 aromatic rings. The Balaban J connectivity index is 1.44. The lowest BCUT2D eigenvalue weighted by atomic mass is 10.1. The molecule has 1 aromatic heterocycles. The molecule has 1 aliphatic carbocycles. The highest BCUT2D eigenvalue weighted by Crippen LogP contribution is 2.51. The molecule has 1 aliphatic rings. The molecule has 4 rings (SSSR count). The number of hydrogen-bond donors (Lipinski definition) is 1. The smallest absolute Gasteiger partial charge is 0.322 e. The van der Waals surface area contributed by atoms with E-state index < -0.39 is 7.60 Å². The molecule has 0 saturated heterocycles. The molecule has 0 radical (unpaired) electrons. The van der Waals surface area contributed by atoms with Crippen LogP contribution in [-0.2, 0) is 26.2 Å². The lowest BCUT2D eigenvalue weighted by Gasteiger charge is -2.17. The quantitative estimate of drug-likeness (QED) is 0.248. The molecule has 0 saturated carbocycles. The molecule has 0 bridgehead atoms. The Hall–Kier alpha value is -1.89. The van der Waals surface area contributed by atoms with Gasteiger partial charge in [0.25, 0.3) is 0 Å². The van der Waals surface area contributed by atoms with Gasteiger partial charge in [0.2, 0.25) is 0 Å². The maximum Gasteiger partial charge on any atom is 0.335 e. The van der Waals surface area contributed by atoms with E-state index in [2.05, 4.69) is 23.5 Å². The van der Waals surface area contributed by atoms with Crippen molar-refractivity contribution in [1.82, 2.24) is 4.98 Å². The summed E-state index contributed by atoms with van der Waals surface area (Å²) in [6.45, 7) is 4.33. The van der Waals surface area contributed by atoms with E-state index in [1.807, 2.05) is 44.2 Å². The third-order valence-corrected chi connectivity index (χ3v) is 8.15. The third kappa shape index (κ3) is 4.56. The van der Waals surface area contributed by atoms with Gasteiger partial charge in [-0.15, -0.1) is 11.3 Å². The van der Waals surface area contributed by atoms with Crippen LogP contribution >= 0.6 is 31.2 Å². The van der Waals surface area contributed by atoms with E-state index in [0.717, 1.165) is 28.4 Å². The highest BCUT2D eigenvalue weighted by Gasteiger charge is 2.25. The molecule has 0 fully saturated rings. The zero-order valence-electron chi connectivity index (χ0n) is 16.9. The summed E-state index contributed by atoms with van der Waals surface area (Å²) in [5, 5.41) is 4.07. The SMILES string of the molecule is CCOP(=O)(Cc1ccc(C(=S)Nc2nc3c(s2)Cc2ccccc2-3)cc1)OCC. The van der Waals surface area contributed by atoms with Crippen molar-refractivity contribution in [3.05, 3.63) is 70.1 Å². The summed E-state index contributed by atoms with van der Waals surface area (Å²) in [6.07, 6.45) is 1.17. The van der Waals surface area contributed by atoms with E-state index in [-0.39, 0.29) is 6.16 Å². The average molecular weight is 459 g/mol. The molecule has 1 N–H and O–H groups in total. The molecule has 0 unspecified atom stereocenters. The van der Waals surface area contributed by atoms with E-state index in [1.165, 1.54) is 16.0 Å². The average Bonchev–Trinajstić information content (AvgIpc) is 3.26. The van der Waals surface area contributed by atoms with E-state index in [4.69, 9.17) is 26.2 Å². The number of anilines is 1. The normalized spacial score (nSPS) is 12.5. The van der Waals surface area contributed by atoms with Crippen molar-refractivity contribution < 1.29 is 13.6 Å². The molecule has 0 spiro atoms. The molecule has 30 heavy (non-hydrogen) atoms. The van der Waals surface area contributed by atoms with Gasteiger partial charge in [-0.05, 0) is 25.0 Å². The van der Waals surface area contributed by atoms with Crippen molar-refractivity contribution in [2.75, 3.05) is 18.5 Å². The van der Waals surface area contributed by atoms with Gasteiger partial charge in [0.05, 0.1) is 25.1 Å². The largest absolute Gasteiger partial charge is 0.335 e. The van der Waals surface area contributed by atoms with Crippen LogP contribution in [0, 0.1) is 0 Å². The Bertz CT molecular complexity index is 1100. The zero-order chi connectivity index (χ0) is 21.1. The topological polar surface area (TPSA) is 60.5 Å². The number of nitrogens with one attached hydrogen (secondary N) is 1. The van der Waals surface area contributed by atoms with Crippen molar-refractivity contribution in [3.63, 3.8) is 0 Å². The fourth-order valence-electron chi connectivity index (χ4n) is 3.49. The van der Waals surface area contributed by atoms with Gasteiger partial charge in [0.15, 0.2) is 5.13 Å². The first-order chi connectivity index (χ1) is 14.5. The van der Waals surface area contributed by atoms with Crippen LogP contribution in [-0.4, -0.2) is 23.2 Å². The minimum atomic E-state index is -3.12. The number of rotatable bonds is 8. The Labute approximate surface area is 186 Å². The van der Waals surface area contributed by atoms with Gasteiger partial charge < -0.3 is 14.4 Å². The Morgan fingerprint density at radius 2 is 1.83 bits per heavy atom. The molecular weight excluding hydrogens is 435 g/mol. The van der Waals surface area contributed by atoms with Crippen LogP contribution in [0.15, 0.2) is 48.5 Å². The number of thiocarbonyl (C=S) groups is 1. The van der Waals surface area contributed by atoms with Crippen LogP contribution in [0.5, 0.6) is 0 Å². The second kappa shape index (κ2) is 9.08. The number of benzene rings is 2. The molecule has 1 heterocycles. The summed E-state index contributed by atoms with van der Waals surface area (Å²) in [6, 6.07) is 16.0. The van der Waals surface area contributed by atoms with Crippen molar-refractivity contribution in [3.8, 4) is 11.3 Å². The number of nitrogens with zero attached hydrogens (tertiary/aromatic N) is 1. The first-order valence-corrected chi connectivity index (χ1v) is 12.8. The highest BCUT2D eigenvalue weighted by atomic mass is 32.1. The maximum absolute atomic E-state index is 12.7. The van der Waals surface area contributed by atoms with Crippen molar-refractivity contribution in [2.24, 2.45) is 0 Å². The predicted octanol–water partition coefficient (Wildman–Crippen LogP) is 6.27. The maximum atomic E-state index is 12.7. The summed E-state index contributed by atoms with van der Waals surface area (Å²) in [5.41, 5.74) is 5.36. The fourth-order valence-corrected chi connectivity index (χ4v) is 6.49. The highest BCUT2D eigenvalue weighted by molar-refractivity contribution is 7.81. The zero-order valence-corrected chi connectivity index (χ0v) is 19.4. The van der Waals surface area contributed by atoms with Crippen LogP contribution < -0.4 is 5.32 Å². The molecule has 2 aromatic carbocycles. The van der Waals surface area contributed by atoms with Crippen molar-refractivity contribution in [2.45, 2.75) is 26.4 Å². The predicted molar refractivity (Wildman–Crippen MR) is 127 cm³/mol. The molecule has 5 nitrogen and oxygen atoms in total. The second-order valence-electron chi connectivity index (χ2n) is 6.88. The summed E-state index contributed by atoms with van der Waals surface area (Å²) in [7, 11) is -3.12. The monoisotopic (exact) mass is 458 g/mol. The van der Waals surface area contributed by atoms with E-state index in [1.54, 1.807) is 11.3 Å². The van der Waals surface area contributed by atoms with Gasteiger partial charge in [0.1, 0.15) is 4.99 Å². The van der Waals surface area contributed by atoms with Crippen LogP contribution in [0.2, 0.25) is 0 Å². The molecule has 0 amide bonds. The summed E-state index contributed by atoms with van der Waals surface area (Å²) in [4.78, 5) is 6.63. The summed E-state index contributed by atoms with van der Waals surface area (Å²) >= 11 is 7.22. The third-order valence-electron chi connectivity index (χ3n) is 4.79. The van der Waals surface area contributed by atoms with Crippen molar-refractivity contribution in [1.29, 1.82) is 0 Å². The Morgan fingerprint density at radius 3 is 2.53 bits per heavy atom. The second-order valence-corrected chi connectivity index (χ2v) is 10.4. The first-order valence-electron chi connectivity index (χ1n) is 9.87. The van der Waals surface area contributed by atoms with Crippen LogP contribution in [0.4, 0.5) is 5.13 Å². The molecule has 0 aliphatic heterocycles. The number of hydrogen-bond acceptors (Lipinski definition) is 6. The Morgan fingerprint density at radius 1 is 1.13 bits per heavy atom. The van der Waals surface area contributed by atoms with Gasteiger partial charge in [-0.3, -0.25) is 4.57 Å². The molecule has 156 valence electrons. The summed E-state index contributed by atoms with van der Waals surface area (Å²) in [5.74, 6) is 0. The van der Waals surface area contributed by atoms with E-state index in [9.17, 15) is 4.57 Å². The number of fused-ring (bicyclic) bond motifs is 3. The number of aromatic nitrogens is 1. The van der Waals surface area contributed by atoms with E-state index in [0.29, 0.717) is 18.2 Å². The minimum absolute atomic E-state index is 0.244. The standard InChI is InChI=1S/C22H23N2O3PS2/c1-3-26-28(25,27-4-2)14-15-9-11-16(12-10-15)21(29)24-22-23-20-18-8-6-5-7-17(18)13-19(20)30-22/h5-12H,3-4,13-14H2,1-2H3,(H,23,24,29). The van der Waals surface area contributed by atoms with Crippen LogP contribution in [0.3, 0.4) is 0 Å². The van der Waals surface area contributed by atoms with Gasteiger partial charge >= 0.3 is 7.60 Å². The van der Waals surface area contributed by atoms with Gasteiger partial charge in [0, 0.05) is 22.4 Å². The van der Waals surface area contributed by atoms with Crippen LogP contribution in [0.1, 0.15) is 35.4 Å². The Kier molecular flexibility index (Phi) is 6.46. The lowest BCUT2D eigenvalue weighted by molar-refractivity contribution is 0.219. The first kappa shape index (κ1) is 21.3. The van der Waals surface area contributed by atoms with E-state index >= 15 is 0 Å². The molecular formula is C22H23N2O3PS2. The number of thiazole rings is 1. The van der Waals surface area contributed by atoms with Gasteiger partial charge in [-0.25, -0.2) is 4.98 Å². The van der Waals surface area contributed by atoms with Gasteiger partial charge in [-0.2, -0.15) is 0 Å². The minimum Gasteiger partial charge on any atom is -0.322 e. The van der Waals surface area contributed by atoms with Crippen molar-refractivity contribution >= 4 is 41.3 Å². The summed E-state index contributed by atoms with van der Waals surface area (Å²) < 4.78 is 23.5. The molecule has 0 atom stereocenters.